The molecule has 0 aliphatic rings. The number of nitrogens with one attached hydrogen (secondary N) is 2. The van der Waals surface area contributed by atoms with Gasteiger partial charge in [0.05, 0.1) is 24.5 Å². The number of ether oxygens (including phenoxy) is 1. The number of hydrogen-bond acceptors (Lipinski definition) is 4. The summed E-state index contributed by atoms with van der Waals surface area (Å²) in [5, 5.41) is 10.7. The Hall–Kier alpha value is -2.99. The number of carbonyl (C=O) groups excluding carboxylic acids is 1. The summed E-state index contributed by atoms with van der Waals surface area (Å²) in [6, 6.07) is 16.7. The Bertz CT molecular complexity index is 838. The molecule has 0 aliphatic carbocycles. The number of nitrogens with zero attached hydrogens (tertiary/aromatic N) is 2. The van der Waals surface area contributed by atoms with Crippen molar-refractivity contribution in [2.45, 2.75) is 0 Å². The maximum Gasteiger partial charge on any atom is 0.239 e. The summed E-state index contributed by atoms with van der Waals surface area (Å²) in [6.07, 6.45) is 3.52. The molecule has 7 heteroatoms. The molecule has 0 radical (unpaired) electrons. The van der Waals surface area contributed by atoms with E-state index in [1.54, 1.807) is 23.0 Å². The lowest BCUT2D eigenvalue weighted by molar-refractivity contribution is -0.119. The van der Waals surface area contributed by atoms with Gasteiger partial charge in [0.1, 0.15) is 12.4 Å². The molecule has 1 aromatic heterocycles. The topological polar surface area (TPSA) is 68.2 Å². The SMILES string of the molecule is O=C(CNc1cc(Cl)ccc1-n1cccn1)NCCOc1ccccc1. The van der Waals surface area contributed by atoms with Gasteiger partial charge in [0.25, 0.3) is 0 Å². The quantitative estimate of drug-likeness (QED) is 0.598. The molecule has 6 nitrogen and oxygen atoms in total. The van der Waals surface area contributed by atoms with E-state index >= 15 is 0 Å². The van der Waals surface area contributed by atoms with Crippen molar-refractivity contribution >= 4 is 23.2 Å². The second-order valence-corrected chi connectivity index (χ2v) is 5.91. The average Bonchev–Trinajstić information content (AvgIpc) is 3.19. The number of aromatic nitrogens is 2. The number of rotatable bonds is 8. The Kier molecular flexibility index (Phi) is 6.11. The molecule has 26 heavy (non-hydrogen) atoms. The maximum atomic E-state index is 12.0. The van der Waals surface area contributed by atoms with Crippen molar-refractivity contribution in [2.75, 3.05) is 25.0 Å². The molecule has 3 aromatic rings. The molecular weight excluding hydrogens is 352 g/mol. The van der Waals surface area contributed by atoms with E-state index in [-0.39, 0.29) is 12.5 Å². The first-order chi connectivity index (χ1) is 12.7. The lowest BCUT2D eigenvalue weighted by Crippen LogP contribution is -2.33. The van der Waals surface area contributed by atoms with Gasteiger partial charge in [0.15, 0.2) is 0 Å². The summed E-state index contributed by atoms with van der Waals surface area (Å²) in [6.45, 7) is 0.961. The fourth-order valence-corrected chi connectivity index (χ4v) is 2.55. The molecule has 2 N–H and O–H groups in total. The van der Waals surface area contributed by atoms with E-state index in [4.69, 9.17) is 16.3 Å². The monoisotopic (exact) mass is 370 g/mol. The molecular formula is C19H19ClN4O2. The Morgan fingerprint density at radius 1 is 1.15 bits per heavy atom. The zero-order valence-corrected chi connectivity index (χ0v) is 14.8. The second kappa shape index (κ2) is 8.92. The number of benzene rings is 2. The smallest absolute Gasteiger partial charge is 0.239 e. The molecule has 0 fully saturated rings. The molecule has 3 rings (SSSR count). The van der Waals surface area contributed by atoms with Gasteiger partial charge in [-0.25, -0.2) is 4.68 Å². The van der Waals surface area contributed by atoms with Gasteiger partial charge in [-0.05, 0) is 36.4 Å². The molecule has 0 saturated heterocycles. The van der Waals surface area contributed by atoms with Gasteiger partial charge in [-0.15, -0.1) is 0 Å². The third kappa shape index (κ3) is 5.00. The van der Waals surface area contributed by atoms with Crippen molar-refractivity contribution in [3.63, 3.8) is 0 Å². The number of halogens is 1. The van der Waals surface area contributed by atoms with Crippen LogP contribution in [0, 0.1) is 0 Å². The van der Waals surface area contributed by atoms with Gasteiger partial charge in [0, 0.05) is 17.4 Å². The Balaban J connectivity index is 1.48. The minimum Gasteiger partial charge on any atom is -0.492 e. The summed E-state index contributed by atoms with van der Waals surface area (Å²) in [5.41, 5.74) is 1.55. The summed E-state index contributed by atoms with van der Waals surface area (Å²) in [5.74, 6) is 0.649. The van der Waals surface area contributed by atoms with Gasteiger partial charge < -0.3 is 15.4 Å². The Morgan fingerprint density at radius 3 is 2.77 bits per heavy atom. The van der Waals surface area contributed by atoms with Gasteiger partial charge in [-0.1, -0.05) is 29.8 Å². The van der Waals surface area contributed by atoms with E-state index in [0.29, 0.717) is 18.2 Å². The Morgan fingerprint density at radius 2 is 2.00 bits per heavy atom. The zero-order valence-electron chi connectivity index (χ0n) is 14.1. The van der Waals surface area contributed by atoms with Crippen LogP contribution in [0.25, 0.3) is 5.69 Å². The third-order valence-corrected chi connectivity index (χ3v) is 3.82. The van der Waals surface area contributed by atoms with Crippen molar-refractivity contribution in [3.8, 4) is 11.4 Å². The Labute approximate surface area is 156 Å². The standard InChI is InChI=1S/C19H19ClN4O2/c20-15-7-8-18(24-11-4-9-23-24)17(13-15)22-14-19(25)21-10-12-26-16-5-2-1-3-6-16/h1-9,11,13,22H,10,12,14H2,(H,21,25). The molecule has 2 aromatic carbocycles. The van der Waals surface area contributed by atoms with Crippen molar-refractivity contribution in [1.82, 2.24) is 15.1 Å². The molecule has 134 valence electrons. The van der Waals surface area contributed by atoms with Crippen LogP contribution in [0.3, 0.4) is 0 Å². The van der Waals surface area contributed by atoms with Crippen molar-refractivity contribution in [2.24, 2.45) is 0 Å². The molecule has 0 unspecified atom stereocenters. The molecule has 0 aliphatic heterocycles. The van der Waals surface area contributed by atoms with Crippen LogP contribution in [0.1, 0.15) is 0 Å². The number of hydrogen-bond donors (Lipinski definition) is 2. The summed E-state index contributed by atoms with van der Waals surface area (Å²) >= 11 is 6.07. The maximum absolute atomic E-state index is 12.0. The van der Waals surface area contributed by atoms with Crippen molar-refractivity contribution < 1.29 is 9.53 Å². The fourth-order valence-electron chi connectivity index (χ4n) is 2.38. The van der Waals surface area contributed by atoms with Gasteiger partial charge in [0.2, 0.25) is 5.91 Å². The first-order valence-corrected chi connectivity index (χ1v) is 8.58. The number of amides is 1. The lowest BCUT2D eigenvalue weighted by Gasteiger charge is -2.13. The van der Waals surface area contributed by atoms with Crippen LogP contribution < -0.4 is 15.4 Å². The second-order valence-electron chi connectivity index (χ2n) is 5.48. The predicted octanol–water partition coefficient (Wildman–Crippen LogP) is 3.13. The van der Waals surface area contributed by atoms with Crippen LogP contribution in [0.15, 0.2) is 67.0 Å². The first-order valence-electron chi connectivity index (χ1n) is 8.20. The molecule has 0 spiro atoms. The molecule has 1 amide bonds. The summed E-state index contributed by atoms with van der Waals surface area (Å²) in [7, 11) is 0. The molecule has 0 atom stereocenters. The number of carbonyl (C=O) groups is 1. The van der Waals surface area contributed by atoms with Crippen LogP contribution >= 0.6 is 11.6 Å². The highest BCUT2D eigenvalue weighted by Gasteiger charge is 2.08. The van der Waals surface area contributed by atoms with E-state index in [2.05, 4.69) is 15.7 Å². The highest BCUT2D eigenvalue weighted by molar-refractivity contribution is 6.31. The highest BCUT2D eigenvalue weighted by Crippen LogP contribution is 2.23. The van der Waals surface area contributed by atoms with Gasteiger partial charge in [-0.2, -0.15) is 5.10 Å². The summed E-state index contributed by atoms with van der Waals surface area (Å²) in [4.78, 5) is 12.0. The van der Waals surface area contributed by atoms with Crippen LogP contribution in [0.4, 0.5) is 5.69 Å². The number of anilines is 1. The van der Waals surface area contributed by atoms with Crippen molar-refractivity contribution in [1.29, 1.82) is 0 Å². The molecule has 0 bridgehead atoms. The predicted molar refractivity (Wildman–Crippen MR) is 102 cm³/mol. The average molecular weight is 371 g/mol. The highest BCUT2D eigenvalue weighted by atomic mass is 35.5. The largest absolute Gasteiger partial charge is 0.492 e. The van der Waals surface area contributed by atoms with E-state index in [0.717, 1.165) is 17.1 Å². The zero-order chi connectivity index (χ0) is 18.2. The normalized spacial score (nSPS) is 10.3. The van der Waals surface area contributed by atoms with E-state index in [1.165, 1.54) is 0 Å². The van der Waals surface area contributed by atoms with Gasteiger partial charge in [-0.3, -0.25) is 4.79 Å². The lowest BCUT2D eigenvalue weighted by atomic mass is 10.2. The van der Waals surface area contributed by atoms with Crippen LogP contribution in [-0.2, 0) is 4.79 Å². The van der Waals surface area contributed by atoms with Crippen LogP contribution in [0.5, 0.6) is 5.75 Å². The minimum absolute atomic E-state index is 0.125. The first kappa shape index (κ1) is 17.8. The fraction of sp³-hybridized carbons (Fsp3) is 0.158. The van der Waals surface area contributed by atoms with Gasteiger partial charge >= 0.3 is 0 Å². The molecule has 0 saturated carbocycles. The van der Waals surface area contributed by atoms with E-state index in [1.807, 2.05) is 48.7 Å². The summed E-state index contributed by atoms with van der Waals surface area (Å²) < 4.78 is 7.25. The third-order valence-electron chi connectivity index (χ3n) is 3.59. The van der Waals surface area contributed by atoms with E-state index < -0.39 is 0 Å². The van der Waals surface area contributed by atoms with Crippen LogP contribution in [-0.4, -0.2) is 35.4 Å². The van der Waals surface area contributed by atoms with Crippen LogP contribution in [0.2, 0.25) is 5.02 Å². The molecule has 1 heterocycles. The van der Waals surface area contributed by atoms with E-state index in [9.17, 15) is 4.79 Å². The van der Waals surface area contributed by atoms with Crippen molar-refractivity contribution in [3.05, 3.63) is 72.0 Å². The minimum atomic E-state index is -0.131. The number of para-hydroxylation sites is 1.